The van der Waals surface area contributed by atoms with Gasteiger partial charge in [0.2, 0.25) is 5.91 Å². The number of ether oxygens (including phenoxy) is 2. The Morgan fingerprint density at radius 1 is 1.06 bits per heavy atom. The van der Waals surface area contributed by atoms with Gasteiger partial charge in [0, 0.05) is 17.6 Å². The number of methoxy groups -OCH3 is 1. The van der Waals surface area contributed by atoms with Gasteiger partial charge in [-0.2, -0.15) is 0 Å². The Balaban J connectivity index is 1.85. The fourth-order valence-electron chi connectivity index (χ4n) is 3.68. The summed E-state index contributed by atoms with van der Waals surface area (Å²) in [4.78, 5) is 26.5. The first-order valence-corrected chi connectivity index (χ1v) is 12.9. The zero-order valence-electron chi connectivity index (χ0n) is 18.6. The number of anilines is 1. The van der Waals surface area contributed by atoms with Crippen LogP contribution in [0.25, 0.3) is 0 Å². The van der Waals surface area contributed by atoms with Crippen molar-refractivity contribution in [2.75, 3.05) is 37.7 Å². The van der Waals surface area contributed by atoms with Crippen LogP contribution in [0.2, 0.25) is 0 Å². The van der Waals surface area contributed by atoms with Crippen molar-refractivity contribution >= 4 is 43.5 Å². The van der Waals surface area contributed by atoms with E-state index in [4.69, 9.17) is 9.47 Å². The summed E-state index contributed by atoms with van der Waals surface area (Å²) in [6, 6.07) is 12.9. The molecule has 0 atom stereocenters. The molecule has 1 aliphatic rings. The summed E-state index contributed by atoms with van der Waals surface area (Å²) in [6.07, 6.45) is 0.974. The monoisotopic (exact) mass is 538 g/mol. The number of rotatable bonds is 8. The van der Waals surface area contributed by atoms with Crippen molar-refractivity contribution in [1.29, 1.82) is 0 Å². The number of amides is 1. The second kappa shape index (κ2) is 11.0. The average molecular weight is 539 g/mol. The molecule has 0 unspecified atom stereocenters. The van der Waals surface area contributed by atoms with Crippen molar-refractivity contribution in [2.24, 2.45) is 5.92 Å². The van der Waals surface area contributed by atoms with Crippen LogP contribution in [0.5, 0.6) is 5.75 Å². The Morgan fingerprint density at radius 3 is 2.21 bits per heavy atom. The zero-order chi connectivity index (χ0) is 24.0. The largest absolute Gasteiger partial charge is 0.494 e. The highest BCUT2D eigenvalue weighted by Crippen LogP contribution is 2.27. The predicted molar refractivity (Wildman–Crippen MR) is 128 cm³/mol. The van der Waals surface area contributed by atoms with Crippen molar-refractivity contribution < 1.29 is 27.5 Å². The second-order valence-corrected chi connectivity index (χ2v) is 10.3. The number of carbonyl (C=O) groups is 2. The summed E-state index contributed by atoms with van der Waals surface area (Å²) in [5.74, 6) is -0.241. The van der Waals surface area contributed by atoms with Crippen molar-refractivity contribution in [1.82, 2.24) is 4.90 Å². The minimum Gasteiger partial charge on any atom is -0.494 e. The minimum absolute atomic E-state index is 0.0804. The first-order chi connectivity index (χ1) is 15.8. The molecular formula is C23H27BrN2O6S. The van der Waals surface area contributed by atoms with Crippen LogP contribution in [0.1, 0.15) is 19.8 Å². The Labute approximate surface area is 202 Å². The SMILES string of the molecule is CCOc1ccc(N(CC(=O)N2CCC(C(=O)OC)CC2)S(=O)(=O)c2ccc(Br)cc2)cc1. The molecule has 3 rings (SSSR count). The van der Waals surface area contributed by atoms with Gasteiger partial charge >= 0.3 is 5.97 Å². The van der Waals surface area contributed by atoms with Crippen molar-refractivity contribution in [3.63, 3.8) is 0 Å². The van der Waals surface area contributed by atoms with Gasteiger partial charge in [0.1, 0.15) is 12.3 Å². The van der Waals surface area contributed by atoms with Crippen LogP contribution < -0.4 is 9.04 Å². The number of piperidine rings is 1. The predicted octanol–water partition coefficient (Wildman–Crippen LogP) is 3.45. The normalized spacial score (nSPS) is 14.6. The molecule has 0 N–H and O–H groups in total. The summed E-state index contributed by atoms with van der Waals surface area (Å²) < 4.78 is 39.1. The number of sulfonamides is 1. The molecule has 0 aromatic heterocycles. The molecule has 1 aliphatic heterocycles. The maximum Gasteiger partial charge on any atom is 0.308 e. The molecule has 1 saturated heterocycles. The number of hydrogen-bond donors (Lipinski definition) is 0. The highest BCUT2D eigenvalue weighted by molar-refractivity contribution is 9.10. The highest BCUT2D eigenvalue weighted by atomic mass is 79.9. The van der Waals surface area contributed by atoms with Gasteiger partial charge < -0.3 is 14.4 Å². The first kappa shape index (κ1) is 25.0. The van der Waals surface area contributed by atoms with Gasteiger partial charge in [-0.3, -0.25) is 13.9 Å². The van der Waals surface area contributed by atoms with E-state index >= 15 is 0 Å². The molecule has 8 nitrogen and oxygen atoms in total. The van der Waals surface area contributed by atoms with Crippen LogP contribution in [0.4, 0.5) is 5.69 Å². The van der Waals surface area contributed by atoms with Crippen molar-refractivity contribution in [3.05, 3.63) is 53.0 Å². The third-order valence-corrected chi connectivity index (χ3v) is 7.82. The average Bonchev–Trinajstić information content (AvgIpc) is 2.83. The fraction of sp³-hybridized carbons (Fsp3) is 0.391. The van der Waals surface area contributed by atoms with E-state index in [1.54, 1.807) is 41.3 Å². The van der Waals surface area contributed by atoms with Gasteiger partial charge in [-0.25, -0.2) is 8.42 Å². The smallest absolute Gasteiger partial charge is 0.308 e. The number of esters is 1. The van der Waals surface area contributed by atoms with E-state index in [2.05, 4.69) is 15.9 Å². The summed E-state index contributed by atoms with van der Waals surface area (Å²) in [6.45, 7) is 2.73. The number of hydrogen-bond acceptors (Lipinski definition) is 6. The van der Waals surface area contributed by atoms with E-state index in [-0.39, 0.29) is 29.2 Å². The lowest BCUT2D eigenvalue weighted by molar-refractivity contribution is -0.148. The summed E-state index contributed by atoms with van der Waals surface area (Å²) >= 11 is 3.31. The molecule has 1 fully saturated rings. The Kier molecular flexibility index (Phi) is 8.36. The summed E-state index contributed by atoms with van der Waals surface area (Å²) in [5, 5.41) is 0. The molecule has 10 heteroatoms. The number of likely N-dealkylation sites (tertiary alicyclic amines) is 1. The molecule has 0 bridgehead atoms. The fourth-order valence-corrected chi connectivity index (χ4v) is 5.36. The van der Waals surface area contributed by atoms with E-state index in [0.29, 0.717) is 44.0 Å². The lowest BCUT2D eigenvalue weighted by Gasteiger charge is -2.33. The molecule has 0 spiro atoms. The number of benzene rings is 2. The number of halogens is 1. The molecule has 0 radical (unpaired) electrons. The van der Waals surface area contributed by atoms with Gasteiger partial charge in [-0.15, -0.1) is 0 Å². The highest BCUT2D eigenvalue weighted by Gasteiger charge is 2.32. The summed E-state index contributed by atoms with van der Waals surface area (Å²) in [5.41, 5.74) is 0.360. The molecule has 178 valence electrons. The maximum absolute atomic E-state index is 13.5. The molecule has 0 saturated carbocycles. The van der Waals surface area contributed by atoms with Crippen LogP contribution in [0.15, 0.2) is 57.9 Å². The standard InChI is InChI=1S/C23H27BrN2O6S/c1-3-32-20-8-6-19(7-9-20)26(33(29,30)21-10-4-18(24)5-11-21)16-22(27)25-14-12-17(13-15-25)23(28)31-2/h4-11,17H,3,12-16H2,1-2H3. The van der Waals surface area contributed by atoms with Crippen LogP contribution >= 0.6 is 15.9 Å². The molecule has 0 aliphatic carbocycles. The minimum atomic E-state index is -4.01. The number of nitrogens with zero attached hydrogens (tertiary/aromatic N) is 2. The van der Waals surface area contributed by atoms with Gasteiger partial charge in [-0.1, -0.05) is 15.9 Å². The van der Waals surface area contributed by atoms with E-state index < -0.39 is 10.0 Å². The van der Waals surface area contributed by atoms with Crippen LogP contribution in [0, 0.1) is 5.92 Å². The second-order valence-electron chi connectivity index (χ2n) is 7.57. The van der Waals surface area contributed by atoms with Crippen molar-refractivity contribution in [3.8, 4) is 5.75 Å². The number of carbonyl (C=O) groups excluding carboxylic acids is 2. The Bertz CT molecular complexity index is 1070. The molecule has 1 amide bonds. The van der Waals surface area contributed by atoms with Crippen LogP contribution in [0.3, 0.4) is 0 Å². The van der Waals surface area contributed by atoms with Gasteiger partial charge in [0.25, 0.3) is 10.0 Å². The topological polar surface area (TPSA) is 93.2 Å². The Morgan fingerprint density at radius 2 is 1.67 bits per heavy atom. The molecule has 2 aromatic rings. The van der Waals surface area contributed by atoms with Gasteiger partial charge in [0.05, 0.1) is 30.2 Å². The quantitative estimate of drug-likeness (QED) is 0.478. The zero-order valence-corrected chi connectivity index (χ0v) is 21.0. The third kappa shape index (κ3) is 6.05. The van der Waals surface area contributed by atoms with E-state index in [1.807, 2.05) is 6.92 Å². The lowest BCUT2D eigenvalue weighted by Crippen LogP contribution is -2.46. The van der Waals surface area contributed by atoms with Gasteiger partial charge in [0.15, 0.2) is 0 Å². The van der Waals surface area contributed by atoms with E-state index in [1.165, 1.54) is 19.2 Å². The van der Waals surface area contributed by atoms with Crippen LogP contribution in [-0.2, 0) is 24.3 Å². The van der Waals surface area contributed by atoms with E-state index in [0.717, 1.165) is 8.78 Å². The van der Waals surface area contributed by atoms with Gasteiger partial charge in [-0.05, 0) is 68.3 Å². The Hall–Kier alpha value is -2.59. The summed E-state index contributed by atoms with van der Waals surface area (Å²) in [7, 11) is -2.66. The first-order valence-electron chi connectivity index (χ1n) is 10.6. The van der Waals surface area contributed by atoms with Crippen molar-refractivity contribution in [2.45, 2.75) is 24.7 Å². The van der Waals surface area contributed by atoms with Crippen LogP contribution in [-0.4, -0.2) is 58.5 Å². The molecule has 1 heterocycles. The maximum atomic E-state index is 13.5. The third-order valence-electron chi connectivity index (χ3n) is 5.50. The molecule has 33 heavy (non-hydrogen) atoms. The van der Waals surface area contributed by atoms with E-state index in [9.17, 15) is 18.0 Å². The molecular weight excluding hydrogens is 512 g/mol. The molecule has 2 aromatic carbocycles. The lowest BCUT2D eigenvalue weighted by atomic mass is 9.97.